The predicted molar refractivity (Wildman–Crippen MR) is 116 cm³/mol. The van der Waals surface area contributed by atoms with E-state index >= 15 is 0 Å². The van der Waals surface area contributed by atoms with Gasteiger partial charge in [-0.25, -0.2) is 4.98 Å². The molecule has 2 fully saturated rings. The quantitative estimate of drug-likeness (QED) is 0.227. The molecule has 1 aromatic heterocycles. The van der Waals surface area contributed by atoms with Crippen molar-refractivity contribution in [3.63, 3.8) is 0 Å². The minimum atomic E-state index is 0. The van der Waals surface area contributed by atoms with Crippen LogP contribution in [0.25, 0.3) is 0 Å². The molecule has 0 aromatic carbocycles. The van der Waals surface area contributed by atoms with Gasteiger partial charge in [-0.2, -0.15) is 0 Å². The number of guanidine groups is 1. The van der Waals surface area contributed by atoms with Gasteiger partial charge in [0.15, 0.2) is 5.96 Å². The van der Waals surface area contributed by atoms with Crippen LogP contribution in [0.5, 0.6) is 5.88 Å². The van der Waals surface area contributed by atoms with Gasteiger partial charge in [0.25, 0.3) is 0 Å². The topological polar surface area (TPSA) is 77.0 Å². The van der Waals surface area contributed by atoms with E-state index in [-0.39, 0.29) is 30.1 Å². The molecule has 2 aliphatic rings. The van der Waals surface area contributed by atoms with Gasteiger partial charge in [-0.3, -0.25) is 4.99 Å². The number of hydrogen-bond donors (Lipinski definition) is 2. The first kappa shape index (κ1) is 22.2. The van der Waals surface area contributed by atoms with Crippen molar-refractivity contribution in [2.24, 2.45) is 10.9 Å². The van der Waals surface area contributed by atoms with E-state index < -0.39 is 0 Å². The molecule has 7 nitrogen and oxygen atoms in total. The second-order valence-corrected chi connectivity index (χ2v) is 6.82. The third kappa shape index (κ3) is 8.61. The monoisotopic (exact) mass is 490 g/mol. The molecule has 0 amide bonds. The van der Waals surface area contributed by atoms with Crippen molar-refractivity contribution in [1.29, 1.82) is 0 Å². The molecule has 0 bridgehead atoms. The molecule has 2 N–H and O–H groups in total. The number of nitrogens with zero attached hydrogens (tertiary/aromatic N) is 2. The molecule has 2 heterocycles. The maximum Gasteiger partial charge on any atom is 0.213 e. The number of hydrogen-bond acceptors (Lipinski definition) is 5. The van der Waals surface area contributed by atoms with Gasteiger partial charge in [0.2, 0.25) is 5.88 Å². The van der Waals surface area contributed by atoms with Crippen LogP contribution in [-0.4, -0.2) is 57.1 Å². The van der Waals surface area contributed by atoms with Crippen LogP contribution in [0.4, 0.5) is 0 Å². The van der Waals surface area contributed by atoms with Crippen LogP contribution >= 0.6 is 24.0 Å². The lowest BCUT2D eigenvalue weighted by molar-refractivity contribution is 0.0420. The summed E-state index contributed by atoms with van der Waals surface area (Å²) < 4.78 is 16.7. The van der Waals surface area contributed by atoms with Crippen molar-refractivity contribution in [3.8, 4) is 5.88 Å². The molecule has 1 unspecified atom stereocenters. The summed E-state index contributed by atoms with van der Waals surface area (Å²) >= 11 is 0. The number of rotatable bonds is 10. The third-order valence-corrected chi connectivity index (χ3v) is 4.50. The van der Waals surface area contributed by atoms with Crippen molar-refractivity contribution in [3.05, 3.63) is 23.9 Å². The van der Waals surface area contributed by atoms with Crippen molar-refractivity contribution in [2.45, 2.75) is 38.3 Å². The Hall–Kier alpha value is -1.13. The zero-order valence-electron chi connectivity index (χ0n) is 16.0. The van der Waals surface area contributed by atoms with Crippen LogP contribution in [0, 0.1) is 5.92 Å². The van der Waals surface area contributed by atoms with Gasteiger partial charge in [-0.15, -0.1) is 24.0 Å². The summed E-state index contributed by atoms with van der Waals surface area (Å²) in [4.78, 5) is 8.60. The molecule has 0 radical (unpaired) electrons. The number of aliphatic imine (C=N–C) groups is 1. The Labute approximate surface area is 178 Å². The van der Waals surface area contributed by atoms with Crippen molar-refractivity contribution < 1.29 is 14.2 Å². The molecule has 1 aliphatic heterocycles. The number of pyridine rings is 1. The lowest BCUT2D eigenvalue weighted by Gasteiger charge is -2.13. The first-order chi connectivity index (χ1) is 12.8. The maximum atomic E-state index is 5.75. The summed E-state index contributed by atoms with van der Waals surface area (Å²) in [6, 6.07) is 3.96. The normalized spacial score (nSPS) is 19.4. The van der Waals surface area contributed by atoms with E-state index in [1.165, 1.54) is 12.8 Å². The van der Waals surface area contributed by atoms with Crippen molar-refractivity contribution >= 4 is 29.9 Å². The van der Waals surface area contributed by atoms with Gasteiger partial charge < -0.3 is 24.8 Å². The van der Waals surface area contributed by atoms with Gasteiger partial charge in [0.05, 0.1) is 19.3 Å². The summed E-state index contributed by atoms with van der Waals surface area (Å²) in [7, 11) is 1.77. The predicted octanol–water partition coefficient (Wildman–Crippen LogP) is 2.35. The first-order valence-electron chi connectivity index (χ1n) is 9.55. The minimum absolute atomic E-state index is 0. The fourth-order valence-corrected chi connectivity index (χ4v) is 2.67. The molecule has 152 valence electrons. The highest BCUT2D eigenvalue weighted by Gasteiger charge is 2.22. The molecule has 3 rings (SSSR count). The highest BCUT2D eigenvalue weighted by atomic mass is 127. The number of aromatic nitrogens is 1. The lowest BCUT2D eigenvalue weighted by atomic mass is 10.3. The van der Waals surface area contributed by atoms with Crippen molar-refractivity contribution in [1.82, 2.24) is 15.6 Å². The van der Waals surface area contributed by atoms with Crippen LogP contribution < -0.4 is 15.4 Å². The lowest BCUT2D eigenvalue weighted by Crippen LogP contribution is -2.37. The number of nitrogens with one attached hydrogen (secondary N) is 2. The summed E-state index contributed by atoms with van der Waals surface area (Å²) in [6.07, 6.45) is 6.64. The fraction of sp³-hybridized carbons (Fsp3) is 0.684. The van der Waals surface area contributed by atoms with E-state index in [9.17, 15) is 0 Å². The van der Waals surface area contributed by atoms with Crippen LogP contribution in [0.3, 0.4) is 0 Å². The van der Waals surface area contributed by atoms with E-state index in [1.807, 2.05) is 18.3 Å². The van der Waals surface area contributed by atoms with E-state index in [1.54, 1.807) is 7.05 Å². The Balaban J connectivity index is 0.00000261. The van der Waals surface area contributed by atoms with Crippen molar-refractivity contribution in [2.75, 3.05) is 40.0 Å². The summed E-state index contributed by atoms with van der Waals surface area (Å²) in [5, 5.41) is 6.59. The molecule has 1 saturated heterocycles. The van der Waals surface area contributed by atoms with Crippen LogP contribution in [-0.2, 0) is 16.0 Å². The SMILES string of the molecule is CN=C(NCCCOC1CCOC1)NCc1ccc(OCC2CC2)nc1.I. The molecule has 27 heavy (non-hydrogen) atoms. The molecule has 8 heteroatoms. The zero-order valence-corrected chi connectivity index (χ0v) is 18.3. The summed E-state index contributed by atoms with van der Waals surface area (Å²) in [5.41, 5.74) is 1.09. The van der Waals surface area contributed by atoms with Crippen LogP contribution in [0.1, 0.15) is 31.2 Å². The summed E-state index contributed by atoms with van der Waals surface area (Å²) in [6.45, 7) is 4.57. The Morgan fingerprint density at radius 1 is 1.30 bits per heavy atom. The molecule has 0 spiro atoms. The van der Waals surface area contributed by atoms with Crippen LogP contribution in [0.15, 0.2) is 23.3 Å². The molecule has 1 aromatic rings. The smallest absolute Gasteiger partial charge is 0.213 e. The zero-order chi connectivity index (χ0) is 18.0. The molecular weight excluding hydrogens is 459 g/mol. The van der Waals surface area contributed by atoms with Gasteiger partial charge in [-0.1, -0.05) is 6.07 Å². The number of ether oxygens (including phenoxy) is 3. The Morgan fingerprint density at radius 3 is 2.85 bits per heavy atom. The van der Waals surface area contributed by atoms with Crippen LogP contribution in [0.2, 0.25) is 0 Å². The van der Waals surface area contributed by atoms with E-state index in [0.717, 1.165) is 63.3 Å². The third-order valence-electron chi connectivity index (χ3n) is 4.50. The largest absolute Gasteiger partial charge is 0.477 e. The summed E-state index contributed by atoms with van der Waals surface area (Å²) in [5.74, 6) is 2.23. The second kappa shape index (κ2) is 12.4. The van der Waals surface area contributed by atoms with E-state index in [4.69, 9.17) is 14.2 Å². The molecule has 1 atom stereocenters. The highest BCUT2D eigenvalue weighted by molar-refractivity contribution is 14.0. The Morgan fingerprint density at radius 2 is 2.19 bits per heavy atom. The number of halogens is 1. The van der Waals surface area contributed by atoms with E-state index in [0.29, 0.717) is 12.4 Å². The molecule has 1 aliphatic carbocycles. The Bertz CT molecular complexity index is 561. The van der Waals surface area contributed by atoms with Gasteiger partial charge in [0, 0.05) is 45.6 Å². The average Bonchev–Trinajstić information content (AvgIpc) is 3.36. The van der Waals surface area contributed by atoms with E-state index in [2.05, 4.69) is 20.6 Å². The minimum Gasteiger partial charge on any atom is -0.477 e. The highest BCUT2D eigenvalue weighted by Crippen LogP contribution is 2.29. The first-order valence-corrected chi connectivity index (χ1v) is 9.55. The molecule has 1 saturated carbocycles. The standard InChI is InChI=1S/C19H30N4O3.HI/c1-20-19(21-8-2-9-25-17-7-10-24-14-17)23-12-16-5-6-18(22-11-16)26-13-15-3-4-15;/h5-6,11,15,17H,2-4,7-10,12-14H2,1H3,(H2,20,21,23);1H. The average molecular weight is 490 g/mol. The van der Waals surface area contributed by atoms with Gasteiger partial charge >= 0.3 is 0 Å². The molecular formula is C19H31IN4O3. The Kier molecular flexibility index (Phi) is 10.1. The maximum absolute atomic E-state index is 5.75. The second-order valence-electron chi connectivity index (χ2n) is 6.82. The van der Waals surface area contributed by atoms with Gasteiger partial charge in [-0.05, 0) is 37.2 Å². The van der Waals surface area contributed by atoms with Gasteiger partial charge in [0.1, 0.15) is 0 Å². The fourth-order valence-electron chi connectivity index (χ4n) is 2.67.